The number of fused-ring (bicyclic) bond motifs is 1. The minimum Gasteiger partial charge on any atom is -0.475 e. The Hall–Kier alpha value is -2.18. The second-order valence-electron chi connectivity index (χ2n) is 3.30. The Morgan fingerprint density at radius 3 is 2.88 bits per heavy atom. The van der Waals surface area contributed by atoms with Gasteiger partial charge >= 0.3 is 12.1 Å². The topological polar surface area (TPSA) is 92.6 Å². The molecule has 0 spiro atoms. The van der Waals surface area contributed by atoms with Gasteiger partial charge in [-0.2, -0.15) is 0 Å². The summed E-state index contributed by atoms with van der Waals surface area (Å²) in [6.45, 7) is 0.604. The van der Waals surface area contributed by atoms with E-state index in [1.807, 2.05) is 0 Å². The summed E-state index contributed by atoms with van der Waals surface area (Å²) in [6, 6.07) is 0. The molecular weight excluding hydrogens is 214 g/mol. The molecule has 0 saturated heterocycles. The molecular formula is C9H9N3O4. The summed E-state index contributed by atoms with van der Waals surface area (Å²) in [4.78, 5) is 30.8. The van der Waals surface area contributed by atoms with Crippen LogP contribution in [0.15, 0.2) is 6.20 Å². The third kappa shape index (κ3) is 1.67. The Kier molecular flexibility index (Phi) is 2.43. The van der Waals surface area contributed by atoms with E-state index in [0.29, 0.717) is 12.2 Å². The van der Waals surface area contributed by atoms with Gasteiger partial charge in [0.2, 0.25) is 5.82 Å². The number of amides is 1. The summed E-state index contributed by atoms with van der Waals surface area (Å²) in [7, 11) is 1.29. The molecule has 1 amide bonds. The van der Waals surface area contributed by atoms with Crippen LogP contribution < -0.4 is 0 Å². The lowest BCUT2D eigenvalue weighted by molar-refractivity contribution is 0.0683. The van der Waals surface area contributed by atoms with Crippen molar-refractivity contribution in [2.75, 3.05) is 7.11 Å². The number of aromatic carboxylic acids is 1. The van der Waals surface area contributed by atoms with Crippen LogP contribution in [0.4, 0.5) is 4.79 Å². The average Bonchev–Trinajstić information content (AvgIpc) is 2.70. The number of ether oxygens (including phenoxy) is 1. The lowest BCUT2D eigenvalue weighted by atomic mass is 10.3. The van der Waals surface area contributed by atoms with Crippen molar-refractivity contribution in [2.45, 2.75) is 13.1 Å². The molecule has 1 aliphatic heterocycles. The molecule has 0 bridgehead atoms. The minimum absolute atomic E-state index is 0.255. The Morgan fingerprint density at radius 2 is 2.25 bits per heavy atom. The highest BCUT2D eigenvalue weighted by molar-refractivity contribution is 5.83. The fraction of sp³-hybridized carbons (Fsp3) is 0.333. The first-order chi connectivity index (χ1) is 7.61. The number of carboxylic acids is 1. The van der Waals surface area contributed by atoms with Crippen LogP contribution in [-0.4, -0.2) is 39.1 Å². The van der Waals surface area contributed by atoms with Gasteiger partial charge in [0.05, 0.1) is 25.9 Å². The van der Waals surface area contributed by atoms with E-state index in [9.17, 15) is 9.59 Å². The number of hydrogen-bond donors (Lipinski definition) is 1. The van der Waals surface area contributed by atoms with E-state index in [-0.39, 0.29) is 12.4 Å². The van der Waals surface area contributed by atoms with Crippen LogP contribution in [0, 0.1) is 0 Å². The number of carbonyl (C=O) groups is 2. The fourth-order valence-electron chi connectivity index (χ4n) is 1.51. The number of carboxylic acid groups (broad SMARTS) is 1. The van der Waals surface area contributed by atoms with Gasteiger partial charge in [0.15, 0.2) is 0 Å². The number of aromatic nitrogens is 2. The fourth-order valence-corrected chi connectivity index (χ4v) is 1.51. The maximum Gasteiger partial charge on any atom is 0.410 e. The summed E-state index contributed by atoms with van der Waals surface area (Å²) < 4.78 is 4.57. The van der Waals surface area contributed by atoms with Gasteiger partial charge in [-0.05, 0) is 0 Å². The van der Waals surface area contributed by atoms with Crippen molar-refractivity contribution in [3.05, 3.63) is 23.3 Å². The predicted octanol–water partition coefficient (Wildman–Crippen LogP) is 0.257. The monoisotopic (exact) mass is 223 g/mol. The molecule has 0 saturated carbocycles. The van der Waals surface area contributed by atoms with E-state index in [1.54, 1.807) is 0 Å². The first-order valence-electron chi connectivity index (χ1n) is 4.53. The maximum atomic E-state index is 11.2. The van der Waals surface area contributed by atoms with Crippen LogP contribution in [0.5, 0.6) is 0 Å². The summed E-state index contributed by atoms with van der Waals surface area (Å²) in [5, 5.41) is 8.71. The van der Waals surface area contributed by atoms with Crippen LogP contribution in [0.1, 0.15) is 21.9 Å². The first-order valence-corrected chi connectivity index (χ1v) is 4.53. The SMILES string of the molecule is COC(=O)N1Cc2cnc(C(=O)O)nc2C1. The van der Waals surface area contributed by atoms with Crippen molar-refractivity contribution >= 4 is 12.1 Å². The van der Waals surface area contributed by atoms with E-state index in [4.69, 9.17) is 5.11 Å². The second kappa shape index (κ2) is 3.76. The molecule has 1 aromatic heterocycles. The van der Waals surface area contributed by atoms with Crippen LogP contribution >= 0.6 is 0 Å². The van der Waals surface area contributed by atoms with E-state index in [1.165, 1.54) is 18.2 Å². The molecule has 2 heterocycles. The molecule has 0 fully saturated rings. The van der Waals surface area contributed by atoms with Gasteiger partial charge in [-0.1, -0.05) is 0 Å². The molecule has 0 radical (unpaired) electrons. The molecule has 1 aromatic rings. The zero-order chi connectivity index (χ0) is 11.7. The number of methoxy groups -OCH3 is 1. The summed E-state index contributed by atoms with van der Waals surface area (Å²) in [5.74, 6) is -1.44. The smallest absolute Gasteiger partial charge is 0.410 e. The van der Waals surface area contributed by atoms with Gasteiger partial charge in [-0.25, -0.2) is 19.6 Å². The van der Waals surface area contributed by atoms with Crippen LogP contribution in [0.25, 0.3) is 0 Å². The van der Waals surface area contributed by atoms with Gasteiger partial charge in [-0.15, -0.1) is 0 Å². The molecule has 7 heteroatoms. The van der Waals surface area contributed by atoms with Crippen molar-refractivity contribution in [3.8, 4) is 0 Å². The molecule has 7 nitrogen and oxygen atoms in total. The third-order valence-corrected chi connectivity index (χ3v) is 2.28. The molecule has 0 atom stereocenters. The summed E-state index contributed by atoms with van der Waals surface area (Å²) in [5.41, 5.74) is 1.30. The molecule has 84 valence electrons. The van der Waals surface area contributed by atoms with Gasteiger partial charge in [0.25, 0.3) is 0 Å². The van der Waals surface area contributed by atoms with Crippen molar-refractivity contribution in [1.29, 1.82) is 0 Å². The van der Waals surface area contributed by atoms with Crippen LogP contribution in [-0.2, 0) is 17.8 Å². The van der Waals surface area contributed by atoms with Gasteiger partial charge in [-0.3, -0.25) is 4.90 Å². The van der Waals surface area contributed by atoms with E-state index in [0.717, 1.165) is 5.56 Å². The van der Waals surface area contributed by atoms with Gasteiger partial charge < -0.3 is 9.84 Å². The number of hydrogen-bond acceptors (Lipinski definition) is 5. The Labute approximate surface area is 90.7 Å². The molecule has 0 aromatic carbocycles. The zero-order valence-corrected chi connectivity index (χ0v) is 8.51. The molecule has 2 rings (SSSR count). The van der Waals surface area contributed by atoms with Crippen LogP contribution in [0.2, 0.25) is 0 Å². The Balaban J connectivity index is 2.24. The summed E-state index contributed by atoms with van der Waals surface area (Å²) >= 11 is 0. The van der Waals surface area contributed by atoms with Crippen molar-refractivity contribution < 1.29 is 19.4 Å². The number of carbonyl (C=O) groups excluding carboxylic acids is 1. The largest absolute Gasteiger partial charge is 0.475 e. The molecule has 0 aliphatic carbocycles. The molecule has 0 unspecified atom stereocenters. The number of rotatable bonds is 1. The standard InChI is InChI=1S/C9H9N3O4/c1-16-9(15)12-3-5-2-10-7(8(13)14)11-6(5)4-12/h2H,3-4H2,1H3,(H,13,14). The zero-order valence-electron chi connectivity index (χ0n) is 8.51. The lowest BCUT2D eigenvalue weighted by Crippen LogP contribution is -2.24. The van der Waals surface area contributed by atoms with Crippen molar-refractivity contribution in [1.82, 2.24) is 14.9 Å². The normalized spacial score (nSPS) is 13.4. The van der Waals surface area contributed by atoms with Crippen molar-refractivity contribution in [3.63, 3.8) is 0 Å². The summed E-state index contributed by atoms with van der Waals surface area (Å²) in [6.07, 6.45) is 0.962. The Morgan fingerprint density at radius 1 is 1.50 bits per heavy atom. The minimum atomic E-state index is -1.18. The molecule has 1 N–H and O–H groups in total. The lowest BCUT2D eigenvalue weighted by Gasteiger charge is -2.11. The highest BCUT2D eigenvalue weighted by Gasteiger charge is 2.26. The van der Waals surface area contributed by atoms with Crippen LogP contribution in [0.3, 0.4) is 0 Å². The highest BCUT2D eigenvalue weighted by Crippen LogP contribution is 2.20. The van der Waals surface area contributed by atoms with Gasteiger partial charge in [0, 0.05) is 11.8 Å². The quantitative estimate of drug-likeness (QED) is 0.733. The Bertz CT molecular complexity index is 460. The predicted molar refractivity (Wildman–Crippen MR) is 50.6 cm³/mol. The van der Waals surface area contributed by atoms with E-state index in [2.05, 4.69) is 14.7 Å². The second-order valence-corrected chi connectivity index (χ2v) is 3.30. The molecule has 16 heavy (non-hydrogen) atoms. The van der Waals surface area contributed by atoms with Crippen molar-refractivity contribution in [2.24, 2.45) is 0 Å². The van der Waals surface area contributed by atoms with E-state index >= 15 is 0 Å². The van der Waals surface area contributed by atoms with E-state index < -0.39 is 12.1 Å². The van der Waals surface area contributed by atoms with Gasteiger partial charge in [0.1, 0.15) is 0 Å². The first kappa shape index (κ1) is 10.3. The molecule has 1 aliphatic rings. The average molecular weight is 223 g/mol. The number of nitrogens with zero attached hydrogens (tertiary/aromatic N) is 3. The highest BCUT2D eigenvalue weighted by atomic mass is 16.5. The maximum absolute atomic E-state index is 11.2. The third-order valence-electron chi connectivity index (χ3n) is 2.28.